The second-order valence-electron chi connectivity index (χ2n) is 4.97. The van der Waals surface area contributed by atoms with Gasteiger partial charge in [-0.1, -0.05) is 27.7 Å². The van der Waals surface area contributed by atoms with Crippen LogP contribution in [0.1, 0.15) is 34.1 Å². The highest BCUT2D eigenvalue weighted by molar-refractivity contribution is 7.89. The third-order valence-corrected chi connectivity index (χ3v) is 3.19. The number of hydrogen-bond donors (Lipinski definition) is 1. The largest absolute Gasteiger partial charge is 0.381 e. The molecule has 0 aliphatic rings. The average Bonchev–Trinajstić information content (AvgIpc) is 1.99. The monoisotopic (exact) mass is 237 g/mol. The maximum Gasteiger partial charge on any atom is 0.209 e. The van der Waals surface area contributed by atoms with Gasteiger partial charge in [0.15, 0.2) is 0 Å². The Balaban J connectivity index is 4.34. The van der Waals surface area contributed by atoms with Crippen LogP contribution in [0.15, 0.2) is 0 Å². The first-order valence-electron chi connectivity index (χ1n) is 5.25. The maximum absolute atomic E-state index is 11.0. The van der Waals surface area contributed by atoms with E-state index in [0.717, 1.165) is 6.42 Å². The number of hydrogen-bond acceptors (Lipinski definition) is 3. The summed E-state index contributed by atoms with van der Waals surface area (Å²) in [6.07, 6.45) is 0.937. The number of rotatable bonds is 6. The van der Waals surface area contributed by atoms with Crippen molar-refractivity contribution < 1.29 is 13.2 Å². The van der Waals surface area contributed by atoms with E-state index in [1.54, 1.807) is 0 Å². The lowest BCUT2D eigenvalue weighted by Gasteiger charge is -2.29. The smallest absolute Gasteiger partial charge is 0.209 e. The molecule has 1 unspecified atom stereocenters. The topological polar surface area (TPSA) is 69.4 Å². The zero-order valence-corrected chi connectivity index (χ0v) is 10.9. The second kappa shape index (κ2) is 5.82. The Kier molecular flexibility index (Phi) is 5.77. The Morgan fingerprint density at radius 3 is 2.20 bits per heavy atom. The lowest BCUT2D eigenvalue weighted by molar-refractivity contribution is 0.0657. The fraction of sp³-hybridized carbons (Fsp3) is 1.00. The van der Waals surface area contributed by atoms with Crippen LogP contribution >= 0.6 is 0 Å². The van der Waals surface area contributed by atoms with E-state index in [-0.39, 0.29) is 17.1 Å². The molecule has 4 nitrogen and oxygen atoms in total. The minimum Gasteiger partial charge on any atom is -0.381 e. The van der Waals surface area contributed by atoms with E-state index in [1.165, 1.54) is 0 Å². The summed E-state index contributed by atoms with van der Waals surface area (Å²) in [6, 6.07) is 0. The van der Waals surface area contributed by atoms with Gasteiger partial charge in [-0.25, -0.2) is 13.6 Å². The van der Waals surface area contributed by atoms with Crippen LogP contribution in [0.4, 0.5) is 0 Å². The van der Waals surface area contributed by atoms with Gasteiger partial charge in [0, 0.05) is 12.5 Å². The van der Waals surface area contributed by atoms with E-state index in [1.807, 2.05) is 27.7 Å². The molecule has 2 N–H and O–H groups in total. The predicted molar refractivity (Wildman–Crippen MR) is 62.0 cm³/mol. The highest BCUT2D eigenvalue weighted by atomic mass is 32.2. The predicted octanol–water partition coefficient (Wildman–Crippen LogP) is 1.36. The molecular weight excluding hydrogens is 214 g/mol. The van der Waals surface area contributed by atoms with Crippen LogP contribution in [0, 0.1) is 11.3 Å². The SMILES string of the molecule is CCCOCC(CS(N)(=O)=O)C(C)(C)C. The first-order chi connectivity index (χ1) is 6.67. The quantitative estimate of drug-likeness (QED) is 0.709. The minimum atomic E-state index is -3.42. The molecule has 0 saturated heterocycles. The number of nitrogens with two attached hydrogens (primary N) is 1. The first kappa shape index (κ1) is 14.9. The van der Waals surface area contributed by atoms with Gasteiger partial charge in [-0.2, -0.15) is 0 Å². The molecule has 0 heterocycles. The van der Waals surface area contributed by atoms with Crippen LogP contribution in [0.3, 0.4) is 0 Å². The fourth-order valence-corrected chi connectivity index (χ4v) is 2.36. The van der Waals surface area contributed by atoms with Gasteiger partial charge in [0.1, 0.15) is 0 Å². The average molecular weight is 237 g/mol. The number of sulfonamides is 1. The Labute approximate surface area is 93.2 Å². The van der Waals surface area contributed by atoms with Crippen molar-refractivity contribution in [2.45, 2.75) is 34.1 Å². The van der Waals surface area contributed by atoms with E-state index in [0.29, 0.717) is 13.2 Å². The third kappa shape index (κ3) is 7.76. The normalized spacial score (nSPS) is 15.3. The van der Waals surface area contributed by atoms with Gasteiger partial charge in [-0.15, -0.1) is 0 Å². The molecule has 0 radical (unpaired) electrons. The molecule has 0 aromatic rings. The van der Waals surface area contributed by atoms with Crippen molar-refractivity contribution in [3.63, 3.8) is 0 Å². The summed E-state index contributed by atoms with van der Waals surface area (Å²) in [7, 11) is -3.42. The molecule has 0 aromatic heterocycles. The van der Waals surface area contributed by atoms with Crippen molar-refractivity contribution in [1.29, 1.82) is 0 Å². The standard InChI is InChI=1S/C10H23NO3S/c1-5-6-14-7-9(10(2,3)4)8-15(11,12)13/h9H,5-8H2,1-4H3,(H2,11,12,13). The Morgan fingerprint density at radius 2 is 1.87 bits per heavy atom. The molecule has 0 bridgehead atoms. The summed E-state index contributed by atoms with van der Waals surface area (Å²) < 4.78 is 27.5. The number of primary sulfonamides is 1. The van der Waals surface area contributed by atoms with Crippen molar-refractivity contribution in [1.82, 2.24) is 0 Å². The molecule has 0 saturated carbocycles. The summed E-state index contributed by atoms with van der Waals surface area (Å²) >= 11 is 0. The van der Waals surface area contributed by atoms with Crippen molar-refractivity contribution >= 4 is 10.0 Å². The molecule has 0 aliphatic carbocycles. The van der Waals surface area contributed by atoms with Crippen LogP contribution in [0.2, 0.25) is 0 Å². The highest BCUT2D eigenvalue weighted by Crippen LogP contribution is 2.27. The van der Waals surface area contributed by atoms with Crippen LogP contribution in [0.5, 0.6) is 0 Å². The Hall–Kier alpha value is -0.130. The van der Waals surface area contributed by atoms with Gasteiger partial charge < -0.3 is 4.74 Å². The molecule has 0 spiro atoms. The first-order valence-corrected chi connectivity index (χ1v) is 6.96. The van der Waals surface area contributed by atoms with E-state index in [4.69, 9.17) is 9.88 Å². The minimum absolute atomic E-state index is 0.0137. The van der Waals surface area contributed by atoms with Crippen molar-refractivity contribution in [2.24, 2.45) is 16.5 Å². The van der Waals surface area contributed by atoms with Crippen molar-refractivity contribution in [3.05, 3.63) is 0 Å². The third-order valence-electron chi connectivity index (χ3n) is 2.33. The lowest BCUT2D eigenvalue weighted by Crippen LogP contribution is -2.34. The summed E-state index contributed by atoms with van der Waals surface area (Å²) in [5, 5.41) is 5.05. The molecule has 0 amide bonds. The van der Waals surface area contributed by atoms with E-state index < -0.39 is 10.0 Å². The van der Waals surface area contributed by atoms with Crippen LogP contribution in [-0.4, -0.2) is 27.4 Å². The molecule has 92 valence electrons. The van der Waals surface area contributed by atoms with Gasteiger partial charge in [-0.3, -0.25) is 0 Å². The molecule has 1 atom stereocenters. The maximum atomic E-state index is 11.0. The van der Waals surface area contributed by atoms with Crippen molar-refractivity contribution in [3.8, 4) is 0 Å². The zero-order valence-electron chi connectivity index (χ0n) is 10.1. The van der Waals surface area contributed by atoms with Crippen molar-refractivity contribution in [2.75, 3.05) is 19.0 Å². The van der Waals surface area contributed by atoms with E-state index in [9.17, 15) is 8.42 Å². The van der Waals surface area contributed by atoms with E-state index >= 15 is 0 Å². The molecular formula is C10H23NO3S. The Morgan fingerprint density at radius 1 is 1.33 bits per heavy atom. The lowest BCUT2D eigenvalue weighted by atomic mass is 9.82. The van der Waals surface area contributed by atoms with Crippen LogP contribution < -0.4 is 5.14 Å². The molecule has 0 fully saturated rings. The molecule has 0 aromatic carbocycles. The summed E-state index contributed by atoms with van der Waals surface area (Å²) in [5.74, 6) is -0.0701. The summed E-state index contributed by atoms with van der Waals surface area (Å²) in [4.78, 5) is 0. The van der Waals surface area contributed by atoms with E-state index in [2.05, 4.69) is 0 Å². The van der Waals surface area contributed by atoms with Gasteiger partial charge in [-0.05, 0) is 11.8 Å². The number of ether oxygens (including phenoxy) is 1. The summed E-state index contributed by atoms with van der Waals surface area (Å²) in [6.45, 7) is 9.13. The molecule has 5 heteroatoms. The van der Waals surface area contributed by atoms with Crippen LogP contribution in [0.25, 0.3) is 0 Å². The highest BCUT2D eigenvalue weighted by Gasteiger charge is 2.28. The molecule has 0 aliphatic heterocycles. The summed E-state index contributed by atoms with van der Waals surface area (Å²) in [5.41, 5.74) is -0.111. The van der Waals surface area contributed by atoms with Crippen LogP contribution in [-0.2, 0) is 14.8 Å². The molecule has 15 heavy (non-hydrogen) atoms. The zero-order chi connectivity index (χ0) is 12.1. The second-order valence-corrected chi connectivity index (χ2v) is 6.63. The van der Waals surface area contributed by atoms with Gasteiger partial charge in [0.25, 0.3) is 0 Å². The molecule has 0 rings (SSSR count). The fourth-order valence-electron chi connectivity index (χ4n) is 1.20. The van der Waals surface area contributed by atoms with Gasteiger partial charge >= 0.3 is 0 Å². The van der Waals surface area contributed by atoms with Gasteiger partial charge in [0.05, 0.1) is 12.4 Å². The van der Waals surface area contributed by atoms with Gasteiger partial charge in [0.2, 0.25) is 10.0 Å². The Bertz CT molecular complexity index is 267.